The number of Topliss-reactive ketones (excluding diaryl/α,β-unsaturated/α-hetero) is 1. The number of carboxylic acids is 1. The molecule has 86 valence electrons. The van der Waals surface area contributed by atoms with E-state index in [-0.39, 0.29) is 17.5 Å². The van der Waals surface area contributed by atoms with Gasteiger partial charge >= 0.3 is 5.97 Å². The highest BCUT2D eigenvalue weighted by molar-refractivity contribution is 6.11. The fourth-order valence-electron chi connectivity index (χ4n) is 0.766. The lowest BCUT2D eigenvalue weighted by molar-refractivity contribution is -0.152. The van der Waals surface area contributed by atoms with E-state index in [0.29, 0.717) is 0 Å². The highest BCUT2D eigenvalue weighted by Gasteiger charge is 2.37. The lowest BCUT2D eigenvalue weighted by Crippen LogP contribution is -2.36. The van der Waals surface area contributed by atoms with Crippen molar-refractivity contribution in [3.05, 3.63) is 0 Å². The molecule has 0 fully saturated rings. The standard InChI is InChI=1S/C11H19NO3/c1-10(2,3)7(12)6-8(13)11(4,5)9(14)15/h12H,6H2,1-5H3,(H,14,15). The van der Waals surface area contributed by atoms with Gasteiger partial charge in [-0.2, -0.15) is 0 Å². The van der Waals surface area contributed by atoms with E-state index in [2.05, 4.69) is 0 Å². The van der Waals surface area contributed by atoms with Crippen LogP contribution in [0.25, 0.3) is 0 Å². The zero-order chi connectivity index (χ0) is 12.4. The molecule has 0 spiro atoms. The van der Waals surface area contributed by atoms with Crippen LogP contribution in [0.1, 0.15) is 41.0 Å². The molecule has 4 heteroatoms. The minimum atomic E-state index is -1.41. The summed E-state index contributed by atoms with van der Waals surface area (Å²) in [6.45, 7) is 8.23. The van der Waals surface area contributed by atoms with E-state index in [4.69, 9.17) is 10.5 Å². The van der Waals surface area contributed by atoms with Gasteiger partial charge in [0.2, 0.25) is 0 Å². The summed E-state index contributed by atoms with van der Waals surface area (Å²) in [5.41, 5.74) is -1.52. The van der Waals surface area contributed by atoms with Crippen LogP contribution >= 0.6 is 0 Å². The molecule has 2 N–H and O–H groups in total. The van der Waals surface area contributed by atoms with Crippen molar-refractivity contribution in [2.24, 2.45) is 10.8 Å². The topological polar surface area (TPSA) is 78.2 Å². The third kappa shape index (κ3) is 3.46. The first-order valence-corrected chi connectivity index (χ1v) is 4.84. The van der Waals surface area contributed by atoms with Crippen molar-refractivity contribution in [3.63, 3.8) is 0 Å². The molecule has 0 aromatic carbocycles. The van der Waals surface area contributed by atoms with Gasteiger partial charge in [0.25, 0.3) is 0 Å². The predicted octanol–water partition coefficient (Wildman–Crippen LogP) is 2.12. The van der Waals surface area contributed by atoms with Gasteiger partial charge in [-0.15, -0.1) is 0 Å². The molecule has 0 aromatic rings. The molecular weight excluding hydrogens is 194 g/mol. The molecule has 0 amide bonds. The second-order valence-electron chi connectivity index (χ2n) is 5.26. The first-order valence-electron chi connectivity index (χ1n) is 4.84. The van der Waals surface area contributed by atoms with E-state index in [9.17, 15) is 9.59 Å². The summed E-state index contributed by atoms with van der Waals surface area (Å²) in [7, 11) is 0. The number of carbonyl (C=O) groups excluding carboxylic acids is 1. The Hall–Kier alpha value is -1.19. The van der Waals surface area contributed by atoms with Gasteiger partial charge in [-0.25, -0.2) is 0 Å². The molecule has 15 heavy (non-hydrogen) atoms. The molecule has 0 unspecified atom stereocenters. The van der Waals surface area contributed by atoms with Crippen molar-refractivity contribution in [3.8, 4) is 0 Å². The molecule has 0 saturated carbocycles. The maximum Gasteiger partial charge on any atom is 0.316 e. The summed E-state index contributed by atoms with van der Waals surface area (Å²) in [5, 5.41) is 16.5. The van der Waals surface area contributed by atoms with Crippen LogP contribution in [0.4, 0.5) is 0 Å². The first-order chi connectivity index (χ1) is 6.49. The molecule has 0 aromatic heterocycles. The van der Waals surface area contributed by atoms with E-state index in [1.165, 1.54) is 13.8 Å². The lowest BCUT2D eigenvalue weighted by atomic mass is 9.80. The summed E-state index contributed by atoms with van der Waals surface area (Å²) in [6, 6.07) is 0. The summed E-state index contributed by atoms with van der Waals surface area (Å²) < 4.78 is 0. The number of hydrogen-bond donors (Lipinski definition) is 2. The van der Waals surface area contributed by atoms with Gasteiger partial charge < -0.3 is 10.5 Å². The number of hydrogen-bond acceptors (Lipinski definition) is 3. The van der Waals surface area contributed by atoms with Crippen LogP contribution in [0.5, 0.6) is 0 Å². The van der Waals surface area contributed by atoms with Crippen molar-refractivity contribution < 1.29 is 14.7 Å². The number of carbonyl (C=O) groups is 2. The van der Waals surface area contributed by atoms with E-state index in [1.807, 2.05) is 20.8 Å². The average Bonchev–Trinajstić information content (AvgIpc) is 2.01. The number of carboxylic acid groups (broad SMARTS) is 1. The largest absolute Gasteiger partial charge is 0.481 e. The third-order valence-electron chi connectivity index (χ3n) is 2.47. The highest BCUT2D eigenvalue weighted by atomic mass is 16.4. The summed E-state index contributed by atoms with van der Waals surface area (Å²) >= 11 is 0. The molecule has 0 atom stereocenters. The Labute approximate surface area is 90.2 Å². The molecule has 0 aliphatic carbocycles. The van der Waals surface area contributed by atoms with Crippen LogP contribution in [-0.2, 0) is 9.59 Å². The van der Waals surface area contributed by atoms with Gasteiger partial charge in [-0.05, 0) is 19.3 Å². The lowest BCUT2D eigenvalue weighted by Gasteiger charge is -2.23. The Morgan fingerprint density at radius 3 is 1.80 bits per heavy atom. The van der Waals surface area contributed by atoms with Crippen molar-refractivity contribution in [1.29, 1.82) is 5.41 Å². The molecule has 0 aliphatic rings. The van der Waals surface area contributed by atoms with Gasteiger partial charge in [-0.3, -0.25) is 9.59 Å². The molecule has 0 aliphatic heterocycles. The Kier molecular flexibility index (Phi) is 3.80. The SMILES string of the molecule is CC(C)(C)C(=N)CC(=O)C(C)(C)C(=O)O. The van der Waals surface area contributed by atoms with Crippen LogP contribution in [-0.4, -0.2) is 22.6 Å². The number of rotatable bonds is 4. The fraction of sp³-hybridized carbons (Fsp3) is 0.727. The number of aliphatic carboxylic acids is 1. The van der Waals surface area contributed by atoms with Gasteiger partial charge in [0.05, 0.1) is 0 Å². The second-order valence-corrected chi connectivity index (χ2v) is 5.26. The minimum Gasteiger partial charge on any atom is -0.481 e. The summed E-state index contributed by atoms with van der Waals surface area (Å²) in [4.78, 5) is 22.4. The van der Waals surface area contributed by atoms with Crippen LogP contribution in [0.3, 0.4) is 0 Å². The average molecular weight is 213 g/mol. The van der Waals surface area contributed by atoms with Gasteiger partial charge in [0.1, 0.15) is 5.41 Å². The third-order valence-corrected chi connectivity index (χ3v) is 2.47. The monoisotopic (exact) mass is 213 g/mol. The number of ketones is 1. The normalized spacial score (nSPS) is 12.3. The molecule has 0 saturated heterocycles. The maximum absolute atomic E-state index is 11.6. The minimum absolute atomic E-state index is 0.0944. The fourth-order valence-corrected chi connectivity index (χ4v) is 0.766. The van der Waals surface area contributed by atoms with Crippen LogP contribution in [0, 0.1) is 16.2 Å². The van der Waals surface area contributed by atoms with Crippen molar-refractivity contribution in [2.75, 3.05) is 0 Å². The predicted molar refractivity (Wildman–Crippen MR) is 58.2 cm³/mol. The molecular formula is C11H19NO3. The first kappa shape index (κ1) is 13.8. The Morgan fingerprint density at radius 2 is 1.53 bits per heavy atom. The Morgan fingerprint density at radius 1 is 1.13 bits per heavy atom. The Bertz CT molecular complexity index is 297. The van der Waals surface area contributed by atoms with E-state index in [0.717, 1.165) is 0 Å². The van der Waals surface area contributed by atoms with Crippen molar-refractivity contribution in [1.82, 2.24) is 0 Å². The van der Waals surface area contributed by atoms with Crippen molar-refractivity contribution >= 4 is 17.5 Å². The Balaban J connectivity index is 4.66. The molecule has 0 radical (unpaired) electrons. The van der Waals surface area contributed by atoms with Gasteiger partial charge in [0, 0.05) is 12.1 Å². The van der Waals surface area contributed by atoms with E-state index in [1.54, 1.807) is 0 Å². The van der Waals surface area contributed by atoms with Gasteiger partial charge in [-0.1, -0.05) is 20.8 Å². The van der Waals surface area contributed by atoms with Crippen LogP contribution in [0.2, 0.25) is 0 Å². The van der Waals surface area contributed by atoms with Crippen molar-refractivity contribution in [2.45, 2.75) is 41.0 Å². The highest BCUT2D eigenvalue weighted by Crippen LogP contribution is 2.23. The number of nitrogens with one attached hydrogen (secondary N) is 1. The molecule has 0 rings (SSSR count). The zero-order valence-electron chi connectivity index (χ0n) is 9.97. The second kappa shape index (κ2) is 4.13. The molecule has 4 nitrogen and oxygen atoms in total. The zero-order valence-corrected chi connectivity index (χ0v) is 9.97. The quantitative estimate of drug-likeness (QED) is 0.554. The van der Waals surface area contributed by atoms with Crippen LogP contribution < -0.4 is 0 Å². The smallest absolute Gasteiger partial charge is 0.316 e. The molecule has 0 bridgehead atoms. The van der Waals surface area contributed by atoms with Crippen LogP contribution in [0.15, 0.2) is 0 Å². The van der Waals surface area contributed by atoms with Gasteiger partial charge in [0.15, 0.2) is 5.78 Å². The van der Waals surface area contributed by atoms with E-state index >= 15 is 0 Å². The summed E-state index contributed by atoms with van der Waals surface area (Å²) in [5.74, 6) is -1.57. The maximum atomic E-state index is 11.6. The molecule has 0 heterocycles. The van der Waals surface area contributed by atoms with E-state index < -0.39 is 17.2 Å². The summed E-state index contributed by atoms with van der Waals surface area (Å²) in [6.07, 6.45) is -0.0944.